The highest BCUT2D eigenvalue weighted by molar-refractivity contribution is 6.99. The molecule has 5 heteroatoms. The first-order valence-electron chi connectivity index (χ1n) is 18.5. The topological polar surface area (TPSA) is 30.9 Å². The molecule has 0 atom stereocenters. The Labute approximate surface area is 310 Å². The lowest BCUT2D eigenvalue weighted by Gasteiger charge is -2.44. The van der Waals surface area contributed by atoms with Crippen molar-refractivity contribution in [3.05, 3.63) is 168 Å². The third-order valence-electron chi connectivity index (χ3n) is 12.0. The average molecular weight is 686 g/mol. The number of anilines is 3. The maximum Gasteiger partial charge on any atom is 0.270 e. The van der Waals surface area contributed by atoms with Gasteiger partial charge in [-0.3, -0.25) is 0 Å². The Hall–Kier alpha value is -6.20. The number of benzene rings is 7. The molecule has 0 radical (unpaired) electrons. The predicted octanol–water partition coefficient (Wildman–Crippen LogP) is 10.6. The van der Waals surface area contributed by atoms with Crippen LogP contribution in [-0.4, -0.2) is 6.71 Å². The summed E-state index contributed by atoms with van der Waals surface area (Å²) >= 11 is 0. The van der Waals surface area contributed by atoms with E-state index < -0.39 is 0 Å². The van der Waals surface area contributed by atoms with Gasteiger partial charge in [0.2, 0.25) is 0 Å². The SMILES string of the molecule is CC1(C)c2ccc(N(c3ccccc3)c3ccccc3)cc2C(C)(C)c2ccc(-c3cc4c5c(c3)Oc3cccc6c3B5c3c(cccc3O4)O6)cc21. The van der Waals surface area contributed by atoms with Crippen LogP contribution in [0.4, 0.5) is 17.1 Å². The second-order valence-corrected chi connectivity index (χ2v) is 15.7. The van der Waals surface area contributed by atoms with Gasteiger partial charge in [0, 0.05) is 44.3 Å². The summed E-state index contributed by atoms with van der Waals surface area (Å²) in [6.07, 6.45) is 0. The van der Waals surface area contributed by atoms with E-state index in [2.05, 4.69) is 142 Å². The Morgan fingerprint density at radius 3 is 1.36 bits per heavy atom. The highest BCUT2D eigenvalue weighted by Crippen LogP contribution is 2.52. The molecule has 0 aromatic heterocycles. The standard InChI is InChI=1S/C48H36BNO3/c1-47(2)35-24-22-33(50(31-13-7-5-8-14-31)32-15-9-6-10-16-32)28-37(35)48(3,4)34-23-21-29(25-36(34)47)30-26-42-46-43(27-30)53-41-20-12-18-39-45(41)49(46)44-38(51-39)17-11-19-40(44)52-42/h5-28H,1-4H3. The van der Waals surface area contributed by atoms with E-state index in [1.165, 1.54) is 22.3 Å². The van der Waals surface area contributed by atoms with Gasteiger partial charge < -0.3 is 19.1 Å². The van der Waals surface area contributed by atoms with Gasteiger partial charge in [-0.25, -0.2) is 0 Å². The van der Waals surface area contributed by atoms with Gasteiger partial charge in [0.15, 0.2) is 0 Å². The van der Waals surface area contributed by atoms with Crippen molar-refractivity contribution in [3.63, 3.8) is 0 Å². The summed E-state index contributed by atoms with van der Waals surface area (Å²) < 4.78 is 19.7. The Bertz CT molecular complexity index is 2550. The Morgan fingerprint density at radius 2 is 0.830 bits per heavy atom. The van der Waals surface area contributed by atoms with E-state index in [9.17, 15) is 0 Å². The molecule has 0 unspecified atom stereocenters. The van der Waals surface area contributed by atoms with Gasteiger partial charge >= 0.3 is 0 Å². The van der Waals surface area contributed by atoms with Crippen LogP contribution in [0.5, 0.6) is 34.5 Å². The number of para-hydroxylation sites is 2. The molecule has 0 amide bonds. The molecule has 11 rings (SSSR count). The third kappa shape index (κ3) is 4.25. The van der Waals surface area contributed by atoms with E-state index >= 15 is 0 Å². The van der Waals surface area contributed by atoms with Gasteiger partial charge in [0.1, 0.15) is 34.5 Å². The van der Waals surface area contributed by atoms with Crippen molar-refractivity contribution in [2.24, 2.45) is 0 Å². The van der Waals surface area contributed by atoms with Crippen LogP contribution in [-0.2, 0) is 10.8 Å². The van der Waals surface area contributed by atoms with Gasteiger partial charge in [-0.15, -0.1) is 0 Å². The van der Waals surface area contributed by atoms with E-state index in [0.29, 0.717) is 0 Å². The molecule has 254 valence electrons. The van der Waals surface area contributed by atoms with Crippen LogP contribution < -0.4 is 35.5 Å². The predicted molar refractivity (Wildman–Crippen MR) is 215 cm³/mol. The normalized spacial score (nSPS) is 15.5. The van der Waals surface area contributed by atoms with Crippen LogP contribution in [0, 0.1) is 0 Å². The Morgan fingerprint density at radius 1 is 0.377 bits per heavy atom. The van der Waals surface area contributed by atoms with Crippen LogP contribution in [0.1, 0.15) is 49.9 Å². The molecule has 3 heterocycles. The van der Waals surface area contributed by atoms with Crippen LogP contribution in [0.25, 0.3) is 11.1 Å². The molecule has 3 aliphatic heterocycles. The molecular weight excluding hydrogens is 649 g/mol. The second-order valence-electron chi connectivity index (χ2n) is 15.7. The lowest BCUT2D eigenvalue weighted by Crippen LogP contribution is -2.59. The molecule has 4 aliphatic rings. The average Bonchev–Trinajstić information content (AvgIpc) is 3.18. The highest BCUT2D eigenvalue weighted by Gasteiger charge is 2.47. The lowest BCUT2D eigenvalue weighted by atomic mass is 9.34. The molecule has 0 bridgehead atoms. The third-order valence-corrected chi connectivity index (χ3v) is 12.0. The van der Waals surface area contributed by atoms with Gasteiger partial charge in [-0.1, -0.05) is 94.4 Å². The van der Waals surface area contributed by atoms with Gasteiger partial charge in [-0.05, 0) is 112 Å². The number of hydrogen-bond donors (Lipinski definition) is 0. The zero-order valence-corrected chi connectivity index (χ0v) is 30.1. The molecule has 53 heavy (non-hydrogen) atoms. The quantitative estimate of drug-likeness (QED) is 0.173. The van der Waals surface area contributed by atoms with Crippen LogP contribution in [0.3, 0.4) is 0 Å². The van der Waals surface area contributed by atoms with E-state index in [1.54, 1.807) is 0 Å². The fourth-order valence-electron chi connectivity index (χ4n) is 9.39. The monoisotopic (exact) mass is 685 g/mol. The van der Waals surface area contributed by atoms with E-state index in [1.807, 2.05) is 36.4 Å². The first-order chi connectivity index (χ1) is 25.8. The second kappa shape index (κ2) is 10.7. The molecule has 4 nitrogen and oxygen atoms in total. The Kier molecular flexibility index (Phi) is 6.13. The fraction of sp³-hybridized carbons (Fsp3) is 0.125. The summed E-state index contributed by atoms with van der Waals surface area (Å²) in [7, 11) is 0. The summed E-state index contributed by atoms with van der Waals surface area (Å²) in [6, 6.07) is 52.0. The lowest BCUT2D eigenvalue weighted by molar-refractivity contribution is 0.443. The fourth-order valence-corrected chi connectivity index (χ4v) is 9.39. The summed E-state index contributed by atoms with van der Waals surface area (Å²) in [6.45, 7) is 9.48. The van der Waals surface area contributed by atoms with Crippen molar-refractivity contribution in [3.8, 4) is 45.6 Å². The Balaban J connectivity index is 1.03. The van der Waals surface area contributed by atoms with Crippen LogP contribution in [0.2, 0.25) is 0 Å². The van der Waals surface area contributed by atoms with E-state index in [4.69, 9.17) is 14.2 Å². The van der Waals surface area contributed by atoms with Gasteiger partial charge in [0.25, 0.3) is 6.71 Å². The van der Waals surface area contributed by atoms with E-state index in [-0.39, 0.29) is 17.5 Å². The minimum absolute atomic E-state index is 0.00654. The summed E-state index contributed by atoms with van der Waals surface area (Å²) in [5, 5.41) is 0. The molecule has 7 aromatic rings. The molecule has 0 saturated carbocycles. The minimum atomic E-state index is -0.235. The zero-order valence-electron chi connectivity index (χ0n) is 30.1. The van der Waals surface area contributed by atoms with Crippen molar-refractivity contribution >= 4 is 40.2 Å². The minimum Gasteiger partial charge on any atom is -0.458 e. The number of ether oxygens (including phenoxy) is 3. The molecular formula is C48H36BNO3. The van der Waals surface area contributed by atoms with Gasteiger partial charge in [-0.2, -0.15) is 0 Å². The maximum absolute atomic E-state index is 6.68. The molecule has 0 saturated heterocycles. The van der Waals surface area contributed by atoms with E-state index in [0.717, 1.165) is 79.1 Å². The zero-order chi connectivity index (χ0) is 35.6. The first kappa shape index (κ1) is 30.4. The van der Waals surface area contributed by atoms with Crippen molar-refractivity contribution in [2.75, 3.05) is 4.90 Å². The summed E-state index contributed by atoms with van der Waals surface area (Å²) in [4.78, 5) is 2.35. The number of hydrogen-bond acceptors (Lipinski definition) is 4. The van der Waals surface area contributed by atoms with Crippen molar-refractivity contribution in [2.45, 2.75) is 38.5 Å². The first-order valence-corrected chi connectivity index (χ1v) is 18.5. The number of nitrogens with zero attached hydrogens (tertiary/aromatic N) is 1. The largest absolute Gasteiger partial charge is 0.458 e. The smallest absolute Gasteiger partial charge is 0.270 e. The van der Waals surface area contributed by atoms with Crippen molar-refractivity contribution in [1.29, 1.82) is 0 Å². The number of rotatable bonds is 4. The molecule has 1 aliphatic carbocycles. The molecule has 0 spiro atoms. The number of fused-ring (bicyclic) bond motifs is 2. The molecule has 0 fully saturated rings. The van der Waals surface area contributed by atoms with Crippen molar-refractivity contribution in [1.82, 2.24) is 0 Å². The van der Waals surface area contributed by atoms with Gasteiger partial charge in [0.05, 0.1) is 0 Å². The maximum atomic E-state index is 6.68. The molecule has 7 aromatic carbocycles. The molecule has 0 N–H and O–H groups in total. The summed E-state index contributed by atoms with van der Waals surface area (Å²) in [5.74, 6) is 5.05. The highest BCUT2D eigenvalue weighted by atomic mass is 16.5. The van der Waals surface area contributed by atoms with Crippen molar-refractivity contribution < 1.29 is 14.2 Å². The van der Waals surface area contributed by atoms with Crippen LogP contribution in [0.15, 0.2) is 146 Å². The summed E-state index contributed by atoms with van der Waals surface area (Å²) in [5.41, 5.74) is 13.8. The van der Waals surface area contributed by atoms with Crippen LogP contribution >= 0.6 is 0 Å².